The van der Waals surface area contributed by atoms with Gasteiger partial charge in [-0.15, -0.1) is 6.58 Å². The first kappa shape index (κ1) is 19.3. The van der Waals surface area contributed by atoms with Crippen LogP contribution in [0.3, 0.4) is 0 Å². The van der Waals surface area contributed by atoms with Crippen molar-refractivity contribution in [1.82, 2.24) is 0 Å². The van der Waals surface area contributed by atoms with Crippen LogP contribution in [0, 0.1) is 29.6 Å². The van der Waals surface area contributed by atoms with Gasteiger partial charge in [-0.3, -0.25) is 0 Å². The van der Waals surface area contributed by atoms with Crippen LogP contribution in [-0.4, -0.2) is 12.2 Å². The van der Waals surface area contributed by atoms with Crippen LogP contribution in [0.5, 0.6) is 0 Å². The quantitative estimate of drug-likeness (QED) is 0.448. The highest BCUT2D eigenvalue weighted by Crippen LogP contribution is 2.55. The first-order valence-corrected chi connectivity index (χ1v) is 10.7. The highest BCUT2D eigenvalue weighted by atomic mass is 19.3. The van der Waals surface area contributed by atoms with E-state index in [1.54, 1.807) is 0 Å². The maximum Gasteiger partial charge on any atom is 0.361 e. The minimum atomic E-state index is -2.87. The lowest BCUT2D eigenvalue weighted by Crippen LogP contribution is -2.61. The van der Waals surface area contributed by atoms with Crippen LogP contribution in [0.15, 0.2) is 12.7 Å². The molecule has 2 saturated carbocycles. The Kier molecular flexibility index (Phi) is 6.57. The molecule has 0 radical (unpaired) electrons. The maximum absolute atomic E-state index is 14.3. The number of hydrogen-bond acceptors (Lipinski definition) is 1. The van der Waals surface area contributed by atoms with Crippen LogP contribution >= 0.6 is 0 Å². The van der Waals surface area contributed by atoms with Gasteiger partial charge in [0.15, 0.2) is 0 Å². The molecule has 0 aromatic rings. The Morgan fingerprint density at radius 3 is 2.00 bits per heavy atom. The molecule has 2 aliphatic carbocycles. The molecule has 1 heterocycles. The smallest absolute Gasteiger partial charge is 0.316 e. The van der Waals surface area contributed by atoms with Crippen LogP contribution in [0.4, 0.5) is 8.78 Å². The van der Waals surface area contributed by atoms with Crippen molar-refractivity contribution in [2.75, 3.05) is 0 Å². The molecule has 3 heteroatoms. The van der Waals surface area contributed by atoms with Gasteiger partial charge in [0.2, 0.25) is 0 Å². The summed E-state index contributed by atoms with van der Waals surface area (Å²) in [6, 6.07) is 0. The zero-order valence-corrected chi connectivity index (χ0v) is 15.9. The molecule has 0 unspecified atom stereocenters. The van der Waals surface area contributed by atoms with E-state index in [1.807, 2.05) is 6.08 Å². The Balaban J connectivity index is 1.52. The summed E-state index contributed by atoms with van der Waals surface area (Å²) in [5.41, 5.74) is 0. The maximum atomic E-state index is 14.3. The number of ether oxygens (including phenoxy) is 1. The van der Waals surface area contributed by atoms with Gasteiger partial charge in [-0.1, -0.05) is 51.5 Å². The fourth-order valence-corrected chi connectivity index (χ4v) is 5.79. The lowest BCUT2D eigenvalue weighted by atomic mass is 9.65. The summed E-state index contributed by atoms with van der Waals surface area (Å²) in [6.07, 6.45) is 12.5. The van der Waals surface area contributed by atoms with Crippen molar-refractivity contribution in [3.63, 3.8) is 0 Å². The van der Waals surface area contributed by atoms with Crippen LogP contribution < -0.4 is 0 Å². The van der Waals surface area contributed by atoms with Gasteiger partial charge < -0.3 is 4.74 Å². The zero-order valence-electron chi connectivity index (χ0n) is 15.9. The van der Waals surface area contributed by atoms with Crippen molar-refractivity contribution < 1.29 is 13.5 Å². The zero-order chi connectivity index (χ0) is 17.9. The number of allylic oxidation sites excluding steroid dienone is 1. The molecule has 3 aliphatic rings. The van der Waals surface area contributed by atoms with Crippen molar-refractivity contribution in [3.8, 4) is 0 Å². The van der Waals surface area contributed by atoms with E-state index in [-0.39, 0.29) is 12.0 Å². The normalized spacial score (nSPS) is 41.1. The third-order valence-electron chi connectivity index (χ3n) is 7.27. The van der Waals surface area contributed by atoms with E-state index in [0.29, 0.717) is 11.8 Å². The van der Waals surface area contributed by atoms with E-state index in [4.69, 9.17) is 4.74 Å². The van der Waals surface area contributed by atoms with E-state index in [9.17, 15) is 8.78 Å². The van der Waals surface area contributed by atoms with Gasteiger partial charge in [-0.25, -0.2) is 0 Å². The van der Waals surface area contributed by atoms with E-state index in [2.05, 4.69) is 13.5 Å². The van der Waals surface area contributed by atoms with E-state index < -0.39 is 12.0 Å². The van der Waals surface area contributed by atoms with Crippen molar-refractivity contribution in [1.29, 1.82) is 0 Å². The Bertz CT molecular complexity index is 420. The van der Waals surface area contributed by atoms with Crippen LogP contribution in [0.1, 0.15) is 84.0 Å². The van der Waals surface area contributed by atoms with Gasteiger partial charge in [-0.2, -0.15) is 8.78 Å². The third-order valence-corrected chi connectivity index (χ3v) is 7.27. The summed E-state index contributed by atoms with van der Waals surface area (Å²) in [6.45, 7) is 6.03. The lowest BCUT2D eigenvalue weighted by Gasteiger charge is -2.53. The molecule has 0 amide bonds. The predicted molar refractivity (Wildman–Crippen MR) is 98.5 cm³/mol. The number of rotatable bonds is 7. The average molecular weight is 355 g/mol. The predicted octanol–water partition coefficient (Wildman–Crippen LogP) is 6.97. The van der Waals surface area contributed by atoms with Gasteiger partial charge in [0.25, 0.3) is 0 Å². The minimum absolute atomic E-state index is 0.169. The molecule has 25 heavy (non-hydrogen) atoms. The van der Waals surface area contributed by atoms with Crippen molar-refractivity contribution in [2.24, 2.45) is 29.6 Å². The summed E-state index contributed by atoms with van der Waals surface area (Å²) < 4.78 is 33.7. The molecule has 0 bridgehead atoms. The van der Waals surface area contributed by atoms with Gasteiger partial charge >= 0.3 is 6.11 Å². The fraction of sp³-hybridized carbons (Fsp3) is 0.909. The van der Waals surface area contributed by atoms with Gasteiger partial charge in [-0.05, 0) is 62.2 Å². The second-order valence-electron chi connectivity index (χ2n) is 8.89. The first-order valence-electron chi connectivity index (χ1n) is 10.7. The highest BCUT2D eigenvalue weighted by Gasteiger charge is 2.62. The molecule has 3 fully saturated rings. The standard InChI is InChI=1S/C22H36F2O/c1-3-5-7-17-8-12-18(13-9-17)20-21(25-22(20,23)24)19-14-10-16(6-4-2)11-15-19/h3,16-21H,1,4-15H2,2H3/t16?,17-,18-,19?,20-,21-/m0/s1. The monoisotopic (exact) mass is 354 g/mol. The van der Waals surface area contributed by atoms with Gasteiger partial charge in [0, 0.05) is 0 Å². The third kappa shape index (κ3) is 4.46. The molecule has 1 aliphatic heterocycles. The molecule has 3 rings (SSSR count). The second kappa shape index (κ2) is 8.50. The van der Waals surface area contributed by atoms with Crippen LogP contribution in [-0.2, 0) is 4.74 Å². The fourth-order valence-electron chi connectivity index (χ4n) is 5.79. The molecule has 0 aromatic heterocycles. The molecule has 144 valence electrons. The summed E-state index contributed by atoms with van der Waals surface area (Å²) in [5.74, 6) is 1.56. The Morgan fingerprint density at radius 1 is 0.920 bits per heavy atom. The van der Waals surface area contributed by atoms with Crippen LogP contribution in [0.25, 0.3) is 0 Å². The van der Waals surface area contributed by atoms with Gasteiger partial charge in [0.1, 0.15) is 0 Å². The number of halogens is 2. The van der Waals surface area contributed by atoms with E-state index in [1.165, 1.54) is 32.1 Å². The van der Waals surface area contributed by atoms with Crippen LogP contribution in [0.2, 0.25) is 0 Å². The lowest BCUT2D eigenvalue weighted by molar-refractivity contribution is -0.418. The Labute approximate surface area is 152 Å². The molecule has 0 spiro atoms. The highest BCUT2D eigenvalue weighted by molar-refractivity contribution is 4.98. The first-order chi connectivity index (χ1) is 12.0. The molecule has 1 nitrogen and oxygen atoms in total. The largest absolute Gasteiger partial charge is 0.361 e. The van der Waals surface area contributed by atoms with E-state index in [0.717, 1.165) is 50.9 Å². The molecule has 0 N–H and O–H groups in total. The second-order valence-corrected chi connectivity index (χ2v) is 8.89. The Hall–Kier alpha value is -0.440. The van der Waals surface area contributed by atoms with Crippen molar-refractivity contribution in [2.45, 2.75) is 96.2 Å². The number of alkyl halides is 2. The van der Waals surface area contributed by atoms with Gasteiger partial charge in [0.05, 0.1) is 12.0 Å². The average Bonchev–Trinajstić information content (AvgIpc) is 2.60. The summed E-state index contributed by atoms with van der Waals surface area (Å²) >= 11 is 0. The van der Waals surface area contributed by atoms with Crippen molar-refractivity contribution >= 4 is 0 Å². The summed E-state index contributed by atoms with van der Waals surface area (Å²) in [7, 11) is 0. The topological polar surface area (TPSA) is 9.23 Å². The molecule has 0 aromatic carbocycles. The Morgan fingerprint density at radius 2 is 1.48 bits per heavy atom. The molecular formula is C22H36F2O. The molecular weight excluding hydrogens is 318 g/mol. The SMILES string of the molecule is C=CCC[C@H]1CC[C@H]([C@H]2[C@H](C3CCC(CCC)CC3)OC2(F)F)CC1. The van der Waals surface area contributed by atoms with Crippen molar-refractivity contribution in [3.05, 3.63) is 12.7 Å². The molecule has 1 saturated heterocycles. The number of hydrogen-bond donors (Lipinski definition) is 0. The summed E-state index contributed by atoms with van der Waals surface area (Å²) in [4.78, 5) is 0. The molecule has 2 atom stereocenters. The van der Waals surface area contributed by atoms with E-state index >= 15 is 0 Å². The summed E-state index contributed by atoms with van der Waals surface area (Å²) in [5, 5.41) is 0. The minimum Gasteiger partial charge on any atom is -0.316 e.